The van der Waals surface area contributed by atoms with Crippen LogP contribution in [0.15, 0.2) is 79.1 Å². The number of benzene rings is 3. The van der Waals surface area contributed by atoms with Crippen LogP contribution in [-0.2, 0) is 13.2 Å². The number of aromatic nitrogens is 1. The van der Waals surface area contributed by atoms with Crippen LogP contribution < -0.4 is 14.8 Å². The van der Waals surface area contributed by atoms with E-state index in [-0.39, 0.29) is 5.69 Å². The molecular weight excluding hydrogens is 394 g/mol. The van der Waals surface area contributed by atoms with Crippen molar-refractivity contribution in [1.29, 1.82) is 0 Å². The number of non-ortho nitro benzene ring substituents is 1. The van der Waals surface area contributed by atoms with Crippen molar-refractivity contribution in [2.24, 2.45) is 0 Å². The highest BCUT2D eigenvalue weighted by atomic mass is 16.6. The summed E-state index contributed by atoms with van der Waals surface area (Å²) in [5, 5.41) is 15.9. The number of nitro groups is 1. The van der Waals surface area contributed by atoms with Crippen molar-refractivity contribution in [3.63, 3.8) is 0 Å². The van der Waals surface area contributed by atoms with E-state index in [4.69, 9.17) is 9.47 Å². The molecular formula is C24H21N3O4. The zero-order valence-electron chi connectivity index (χ0n) is 16.9. The average Bonchev–Trinajstić information content (AvgIpc) is 2.81. The van der Waals surface area contributed by atoms with Crippen molar-refractivity contribution in [1.82, 2.24) is 4.98 Å². The van der Waals surface area contributed by atoms with E-state index in [0.29, 0.717) is 30.0 Å². The molecule has 1 heterocycles. The van der Waals surface area contributed by atoms with Crippen LogP contribution in [0, 0.1) is 10.1 Å². The largest absolute Gasteiger partial charge is 0.493 e. The van der Waals surface area contributed by atoms with Gasteiger partial charge in [0, 0.05) is 36.1 Å². The normalized spacial score (nSPS) is 10.6. The van der Waals surface area contributed by atoms with Crippen LogP contribution in [0.5, 0.6) is 11.5 Å². The van der Waals surface area contributed by atoms with Gasteiger partial charge in [0.25, 0.3) is 5.69 Å². The second-order valence-corrected chi connectivity index (χ2v) is 6.92. The molecule has 0 aliphatic carbocycles. The molecule has 1 aromatic heterocycles. The van der Waals surface area contributed by atoms with Gasteiger partial charge in [0.2, 0.25) is 0 Å². The first-order chi connectivity index (χ1) is 15.2. The van der Waals surface area contributed by atoms with Crippen LogP contribution in [0.1, 0.15) is 11.1 Å². The highest BCUT2D eigenvalue weighted by Gasteiger charge is 2.14. The van der Waals surface area contributed by atoms with Crippen LogP contribution >= 0.6 is 0 Å². The lowest BCUT2D eigenvalue weighted by Crippen LogP contribution is -2.03. The number of nitrogens with one attached hydrogen (secondary N) is 1. The number of rotatable bonds is 8. The van der Waals surface area contributed by atoms with Gasteiger partial charge in [0.1, 0.15) is 6.61 Å². The number of pyridine rings is 1. The van der Waals surface area contributed by atoms with Gasteiger partial charge in [0.15, 0.2) is 11.5 Å². The van der Waals surface area contributed by atoms with E-state index in [9.17, 15) is 10.1 Å². The molecule has 0 amide bonds. The zero-order valence-corrected chi connectivity index (χ0v) is 16.9. The van der Waals surface area contributed by atoms with Crippen molar-refractivity contribution in [3.05, 3.63) is 100 Å². The van der Waals surface area contributed by atoms with Gasteiger partial charge < -0.3 is 14.8 Å². The van der Waals surface area contributed by atoms with E-state index in [1.165, 1.54) is 12.3 Å². The molecule has 0 bridgehead atoms. The third-order valence-electron chi connectivity index (χ3n) is 4.94. The maximum atomic E-state index is 11.3. The molecule has 31 heavy (non-hydrogen) atoms. The molecule has 156 valence electrons. The van der Waals surface area contributed by atoms with E-state index in [2.05, 4.69) is 10.3 Å². The molecule has 0 aliphatic rings. The highest BCUT2D eigenvalue weighted by molar-refractivity contribution is 5.99. The minimum Gasteiger partial charge on any atom is -0.493 e. The highest BCUT2D eigenvalue weighted by Crippen LogP contribution is 2.32. The molecule has 1 N–H and O–H groups in total. The molecule has 0 spiro atoms. The van der Waals surface area contributed by atoms with Gasteiger partial charge >= 0.3 is 0 Å². The summed E-state index contributed by atoms with van der Waals surface area (Å²) in [7, 11) is 1.61. The number of anilines is 1. The van der Waals surface area contributed by atoms with Gasteiger partial charge in [-0.05, 0) is 35.4 Å². The van der Waals surface area contributed by atoms with Crippen LogP contribution in [0.3, 0.4) is 0 Å². The van der Waals surface area contributed by atoms with Gasteiger partial charge in [-0.15, -0.1) is 0 Å². The summed E-state index contributed by atoms with van der Waals surface area (Å²) in [5.41, 5.74) is 2.90. The molecule has 4 rings (SSSR count). The molecule has 0 saturated carbocycles. The first-order valence-corrected chi connectivity index (χ1v) is 9.74. The third kappa shape index (κ3) is 4.56. The maximum Gasteiger partial charge on any atom is 0.278 e. The smallest absolute Gasteiger partial charge is 0.278 e. The van der Waals surface area contributed by atoms with Crippen LogP contribution in [0.4, 0.5) is 11.4 Å². The summed E-state index contributed by atoms with van der Waals surface area (Å²) >= 11 is 0. The van der Waals surface area contributed by atoms with Gasteiger partial charge in [-0.3, -0.25) is 15.1 Å². The lowest BCUT2D eigenvalue weighted by atomic mass is 10.1. The average molecular weight is 415 g/mol. The van der Waals surface area contributed by atoms with Gasteiger partial charge in [0.05, 0.1) is 17.4 Å². The number of methoxy groups -OCH3 is 1. The standard InChI is InChI=1S/C24H21N3O4/c1-30-24-13-18(7-10-23(24)31-16-17-5-3-2-4-6-17)14-26-21-8-9-22(27(28)29)20-15-25-12-11-19(20)21/h2-13,15,26H,14,16H2,1H3. The molecule has 0 saturated heterocycles. The summed E-state index contributed by atoms with van der Waals surface area (Å²) in [6, 6.07) is 20.7. The lowest BCUT2D eigenvalue weighted by Gasteiger charge is -2.14. The predicted octanol–water partition coefficient (Wildman–Crippen LogP) is 5.34. The van der Waals surface area contributed by atoms with Gasteiger partial charge in [-0.2, -0.15) is 0 Å². The van der Waals surface area contributed by atoms with Crippen molar-refractivity contribution >= 4 is 22.1 Å². The predicted molar refractivity (Wildman–Crippen MR) is 119 cm³/mol. The van der Waals surface area contributed by atoms with Gasteiger partial charge in [-0.1, -0.05) is 36.4 Å². The number of nitro benzene ring substituents is 1. The van der Waals surface area contributed by atoms with E-state index in [1.807, 2.05) is 48.5 Å². The quantitative estimate of drug-likeness (QED) is 0.309. The Morgan fingerprint density at radius 1 is 0.968 bits per heavy atom. The third-order valence-corrected chi connectivity index (χ3v) is 4.94. The summed E-state index contributed by atoms with van der Waals surface area (Å²) < 4.78 is 11.4. The summed E-state index contributed by atoms with van der Waals surface area (Å²) in [6.45, 7) is 0.974. The number of fused-ring (bicyclic) bond motifs is 1. The molecule has 0 fully saturated rings. The Hall–Kier alpha value is -4.13. The summed E-state index contributed by atoms with van der Waals surface area (Å²) in [6.07, 6.45) is 3.14. The Kier molecular flexibility index (Phi) is 5.93. The fraction of sp³-hybridized carbons (Fsp3) is 0.125. The second-order valence-electron chi connectivity index (χ2n) is 6.92. The number of nitrogens with zero attached hydrogens (tertiary/aromatic N) is 2. The summed E-state index contributed by atoms with van der Waals surface area (Å²) in [5.74, 6) is 1.31. The van der Waals surface area contributed by atoms with Crippen molar-refractivity contribution in [2.75, 3.05) is 12.4 Å². The lowest BCUT2D eigenvalue weighted by molar-refractivity contribution is -0.383. The number of hydrogen-bond acceptors (Lipinski definition) is 6. The molecule has 7 nitrogen and oxygen atoms in total. The molecule has 7 heteroatoms. The Bertz CT molecular complexity index is 1210. The van der Waals surface area contributed by atoms with Crippen LogP contribution in [-0.4, -0.2) is 17.0 Å². The minimum absolute atomic E-state index is 0.0373. The molecule has 0 aliphatic heterocycles. The molecule has 0 radical (unpaired) electrons. The van der Waals surface area contributed by atoms with Gasteiger partial charge in [-0.25, -0.2) is 0 Å². The Labute approximate surface area is 179 Å². The van der Waals surface area contributed by atoms with Crippen LogP contribution in [0.2, 0.25) is 0 Å². The van der Waals surface area contributed by atoms with Crippen molar-refractivity contribution in [2.45, 2.75) is 13.2 Å². The SMILES string of the molecule is COc1cc(CNc2ccc([N+](=O)[O-])c3cnccc23)ccc1OCc1ccccc1. The fourth-order valence-electron chi connectivity index (χ4n) is 3.36. The molecule has 0 atom stereocenters. The molecule has 3 aromatic carbocycles. The molecule has 0 unspecified atom stereocenters. The summed E-state index contributed by atoms with van der Waals surface area (Å²) in [4.78, 5) is 14.9. The van der Waals surface area contributed by atoms with Crippen LogP contribution in [0.25, 0.3) is 10.8 Å². The monoisotopic (exact) mass is 415 g/mol. The number of ether oxygens (including phenoxy) is 2. The first-order valence-electron chi connectivity index (χ1n) is 9.74. The van der Waals surface area contributed by atoms with E-state index >= 15 is 0 Å². The topological polar surface area (TPSA) is 86.5 Å². The zero-order chi connectivity index (χ0) is 21.6. The Morgan fingerprint density at radius 3 is 2.58 bits per heavy atom. The minimum atomic E-state index is -0.396. The van der Waals surface area contributed by atoms with E-state index in [1.54, 1.807) is 25.4 Å². The fourth-order valence-corrected chi connectivity index (χ4v) is 3.36. The maximum absolute atomic E-state index is 11.3. The van der Waals surface area contributed by atoms with Crippen molar-refractivity contribution in [3.8, 4) is 11.5 Å². The van der Waals surface area contributed by atoms with E-state index < -0.39 is 4.92 Å². The van der Waals surface area contributed by atoms with Crippen molar-refractivity contribution < 1.29 is 14.4 Å². The Morgan fingerprint density at radius 2 is 1.81 bits per heavy atom. The number of hydrogen-bond donors (Lipinski definition) is 1. The molecule has 4 aromatic rings. The second kappa shape index (κ2) is 9.13. The van der Waals surface area contributed by atoms with E-state index in [0.717, 1.165) is 22.2 Å². The Balaban J connectivity index is 1.50. The first kappa shape index (κ1) is 20.2.